The second-order valence-electron chi connectivity index (χ2n) is 16.9. The maximum Gasteiger partial charge on any atom is 0.514 e. The highest BCUT2D eigenvalue weighted by atomic mass is 17.2. The lowest BCUT2D eigenvalue weighted by Crippen LogP contribution is -2.30. The highest BCUT2D eigenvalue weighted by molar-refractivity contribution is 6.15. The van der Waals surface area contributed by atoms with E-state index in [1.54, 1.807) is 24.3 Å². The van der Waals surface area contributed by atoms with Crippen molar-refractivity contribution in [3.8, 4) is 23.0 Å². The monoisotopic (exact) mass is 906 g/mol. The average Bonchev–Trinajstić information content (AvgIpc) is 3.31. The number of benzene rings is 4. The molecule has 2 aliphatic rings. The summed E-state index contributed by atoms with van der Waals surface area (Å²) >= 11 is 0. The van der Waals surface area contributed by atoms with Crippen LogP contribution < -0.4 is 18.9 Å². The Labute approximate surface area is 380 Å². The molecule has 2 fully saturated rings. The Balaban J connectivity index is 1.33. The maximum atomic E-state index is 14.3. The summed E-state index contributed by atoms with van der Waals surface area (Å²) in [6.45, 7) is 5.98. The first kappa shape index (κ1) is 48.1. The van der Waals surface area contributed by atoms with Crippen LogP contribution >= 0.6 is 0 Å². The van der Waals surface area contributed by atoms with Gasteiger partial charge in [0.05, 0.1) is 22.3 Å². The van der Waals surface area contributed by atoms with Gasteiger partial charge in [0, 0.05) is 0 Å². The van der Waals surface area contributed by atoms with Crippen molar-refractivity contribution in [2.45, 2.75) is 115 Å². The molecule has 0 atom stereocenters. The SMILES string of the molecule is CC(C)(C=O)Oc1ccccc1C(=O)c1cccc(C(=O)OOC(=O)c2cccc(C(=O)c3ccccc3OC(C)(C)C=O)c2OC(=O)OC2CCCCC2)c1OC(=O)OC1CCCCC1. The molecule has 2 aliphatic carbocycles. The van der Waals surface area contributed by atoms with Gasteiger partial charge in [-0.25, -0.2) is 29.0 Å². The molecule has 0 N–H and O–H groups in total. The second-order valence-corrected chi connectivity index (χ2v) is 16.9. The molecule has 66 heavy (non-hydrogen) atoms. The zero-order chi connectivity index (χ0) is 47.4. The molecule has 0 unspecified atom stereocenters. The van der Waals surface area contributed by atoms with Crippen molar-refractivity contribution in [1.82, 2.24) is 0 Å². The van der Waals surface area contributed by atoms with Gasteiger partial charge in [-0.1, -0.05) is 49.2 Å². The Kier molecular flexibility index (Phi) is 15.7. The molecule has 0 radical (unpaired) electrons. The molecule has 16 nitrogen and oxygen atoms in total. The van der Waals surface area contributed by atoms with Crippen molar-refractivity contribution in [3.05, 3.63) is 118 Å². The number of ketones is 2. The van der Waals surface area contributed by atoms with E-state index >= 15 is 0 Å². The van der Waals surface area contributed by atoms with Crippen LogP contribution in [0, 0.1) is 0 Å². The Hall–Kier alpha value is -7.36. The normalized spacial score (nSPS) is 14.4. The Morgan fingerprint density at radius 1 is 0.455 bits per heavy atom. The molecule has 0 bridgehead atoms. The van der Waals surface area contributed by atoms with E-state index in [1.165, 1.54) is 76.2 Å². The fraction of sp³-hybridized carbons (Fsp3) is 0.360. The van der Waals surface area contributed by atoms with Crippen LogP contribution in [0.25, 0.3) is 0 Å². The largest absolute Gasteiger partial charge is 0.514 e. The van der Waals surface area contributed by atoms with Crippen LogP contribution in [0.1, 0.15) is 144 Å². The van der Waals surface area contributed by atoms with Gasteiger partial charge in [-0.3, -0.25) is 19.2 Å². The van der Waals surface area contributed by atoms with Gasteiger partial charge >= 0.3 is 24.2 Å². The molecule has 346 valence electrons. The summed E-state index contributed by atoms with van der Waals surface area (Å²) in [5, 5.41) is 0. The third kappa shape index (κ3) is 12.3. The first-order valence-electron chi connectivity index (χ1n) is 21.6. The van der Waals surface area contributed by atoms with Crippen LogP contribution in [0.15, 0.2) is 84.9 Å². The lowest BCUT2D eigenvalue weighted by atomic mass is 9.98. The van der Waals surface area contributed by atoms with Gasteiger partial charge in [-0.2, -0.15) is 0 Å². The summed E-state index contributed by atoms with van der Waals surface area (Å²) < 4.78 is 33.9. The predicted molar refractivity (Wildman–Crippen MR) is 233 cm³/mol. The van der Waals surface area contributed by atoms with Crippen molar-refractivity contribution in [1.29, 1.82) is 0 Å². The summed E-state index contributed by atoms with van der Waals surface area (Å²) in [5.74, 6) is -5.59. The molecule has 0 heterocycles. The molecule has 4 aromatic carbocycles. The molecule has 6 rings (SSSR count). The highest BCUT2D eigenvalue weighted by Crippen LogP contribution is 2.35. The van der Waals surface area contributed by atoms with Crippen molar-refractivity contribution in [2.24, 2.45) is 0 Å². The summed E-state index contributed by atoms with van der Waals surface area (Å²) in [6, 6.07) is 19.4. The van der Waals surface area contributed by atoms with E-state index in [0.717, 1.165) is 50.7 Å². The van der Waals surface area contributed by atoms with Crippen LogP contribution in [0.3, 0.4) is 0 Å². The molecule has 0 spiro atoms. The van der Waals surface area contributed by atoms with Crippen molar-refractivity contribution < 1.29 is 76.6 Å². The average molecular weight is 907 g/mol. The van der Waals surface area contributed by atoms with Crippen LogP contribution in [-0.2, 0) is 28.8 Å². The Morgan fingerprint density at radius 3 is 1.15 bits per heavy atom. The first-order valence-corrected chi connectivity index (χ1v) is 21.6. The van der Waals surface area contributed by atoms with E-state index in [4.69, 9.17) is 38.2 Å². The van der Waals surface area contributed by atoms with Gasteiger partial charge in [-0.15, -0.1) is 0 Å². The van der Waals surface area contributed by atoms with Gasteiger partial charge in [0.1, 0.15) is 34.8 Å². The number of hydrogen-bond donors (Lipinski definition) is 0. The number of carbonyl (C=O) groups is 8. The van der Waals surface area contributed by atoms with Crippen molar-refractivity contribution >= 4 is 48.4 Å². The van der Waals surface area contributed by atoms with E-state index < -0.39 is 81.9 Å². The maximum absolute atomic E-state index is 14.3. The summed E-state index contributed by atoms with van der Waals surface area (Å²) in [7, 11) is 0. The van der Waals surface area contributed by atoms with Crippen LogP contribution in [0.2, 0.25) is 0 Å². The molecule has 0 saturated heterocycles. The minimum Gasteiger partial charge on any atom is -0.480 e. The van der Waals surface area contributed by atoms with E-state index in [0.29, 0.717) is 38.3 Å². The number of rotatable bonds is 16. The number of aldehydes is 2. The smallest absolute Gasteiger partial charge is 0.480 e. The molecule has 0 amide bonds. The number of hydrogen-bond acceptors (Lipinski definition) is 16. The van der Waals surface area contributed by atoms with Crippen LogP contribution in [0.4, 0.5) is 9.59 Å². The van der Waals surface area contributed by atoms with E-state index in [-0.39, 0.29) is 33.8 Å². The minimum atomic E-state index is -1.42. The lowest BCUT2D eigenvalue weighted by Gasteiger charge is -2.23. The van der Waals surface area contributed by atoms with Gasteiger partial charge in [0.25, 0.3) is 0 Å². The molecule has 2 saturated carbocycles. The zero-order valence-corrected chi connectivity index (χ0v) is 37.0. The number of carbonyl (C=O) groups excluding carboxylic acids is 8. The molecular formula is C50H50O16. The molecular weight excluding hydrogens is 857 g/mol. The molecule has 0 aromatic heterocycles. The topological polar surface area (TPSA) is 210 Å². The van der Waals surface area contributed by atoms with E-state index in [2.05, 4.69) is 0 Å². The quantitative estimate of drug-likeness (QED) is 0.0256. The summed E-state index contributed by atoms with van der Waals surface area (Å²) in [6.07, 6.45) is 5.22. The Morgan fingerprint density at radius 2 is 0.788 bits per heavy atom. The van der Waals surface area contributed by atoms with Crippen LogP contribution in [-0.4, -0.2) is 71.8 Å². The minimum absolute atomic E-state index is 0.0133. The molecule has 0 aliphatic heterocycles. The van der Waals surface area contributed by atoms with Crippen molar-refractivity contribution in [3.63, 3.8) is 0 Å². The van der Waals surface area contributed by atoms with E-state index in [1.807, 2.05) is 0 Å². The van der Waals surface area contributed by atoms with Crippen LogP contribution in [0.5, 0.6) is 23.0 Å². The first-order chi connectivity index (χ1) is 31.6. The number of ether oxygens (including phenoxy) is 6. The van der Waals surface area contributed by atoms with Crippen molar-refractivity contribution in [2.75, 3.05) is 0 Å². The third-order valence-electron chi connectivity index (χ3n) is 10.7. The fourth-order valence-corrected chi connectivity index (χ4v) is 7.38. The molecule has 4 aromatic rings. The van der Waals surface area contributed by atoms with Gasteiger partial charge in [-0.05, 0) is 128 Å². The number of para-hydroxylation sites is 4. The lowest BCUT2D eigenvalue weighted by molar-refractivity contribution is -0.187. The Bertz CT molecular complexity index is 2300. The van der Waals surface area contributed by atoms with Gasteiger partial charge in [0.15, 0.2) is 35.3 Å². The highest BCUT2D eigenvalue weighted by Gasteiger charge is 2.33. The summed E-state index contributed by atoms with van der Waals surface area (Å²) in [5.41, 5.74) is -4.53. The summed E-state index contributed by atoms with van der Waals surface area (Å²) in [4.78, 5) is 116. The standard InChI is InChI=1S/C50H50O16/c1-49(2,29-51)63-39-27-13-11-21-33(39)41(53)35-23-15-25-37(43(35)61-47(57)59-31-17-7-5-8-18-31)45(55)65-66-46(56)38-26-16-24-36(44(38)62-48(58)60-32-19-9-6-10-20-32)42(54)34-22-12-14-28-40(34)64-50(3,4)30-52/h11-16,21-32H,5-10,17-20H2,1-4H3. The second kappa shape index (κ2) is 21.5. The predicted octanol–water partition coefficient (Wildman–Crippen LogP) is 9.49. The van der Waals surface area contributed by atoms with Gasteiger partial charge < -0.3 is 28.4 Å². The van der Waals surface area contributed by atoms with E-state index in [9.17, 15) is 38.4 Å². The fourth-order valence-electron chi connectivity index (χ4n) is 7.38. The zero-order valence-electron chi connectivity index (χ0n) is 37.0. The third-order valence-corrected chi connectivity index (χ3v) is 10.7. The van der Waals surface area contributed by atoms with Gasteiger partial charge in [0.2, 0.25) is 11.6 Å². The molecule has 16 heteroatoms.